The Hall–Kier alpha value is -2.01. The molecule has 0 amide bonds. The van der Waals surface area contributed by atoms with Crippen LogP contribution in [0.15, 0.2) is 46.2 Å². The van der Waals surface area contributed by atoms with Crippen molar-refractivity contribution in [2.24, 2.45) is 0 Å². The third-order valence-corrected chi connectivity index (χ3v) is 5.68. The summed E-state index contributed by atoms with van der Waals surface area (Å²) in [5, 5.41) is -0.0917. The van der Waals surface area contributed by atoms with E-state index in [0.717, 1.165) is 6.07 Å². The fraction of sp³-hybridized carbons (Fsp3) is 0.0769. The van der Waals surface area contributed by atoms with E-state index in [9.17, 15) is 21.4 Å². The van der Waals surface area contributed by atoms with Gasteiger partial charge >= 0.3 is 0 Å². The van der Waals surface area contributed by atoms with Crippen molar-refractivity contribution < 1.29 is 26.1 Å². The van der Waals surface area contributed by atoms with Crippen LogP contribution in [0.3, 0.4) is 0 Å². The highest BCUT2D eigenvalue weighted by Gasteiger charge is 2.21. The molecule has 0 fully saturated rings. The minimum Gasteiger partial charge on any atom is -0.495 e. The Morgan fingerprint density at radius 1 is 1.08 bits per heavy atom. The minimum absolute atomic E-state index is 0.0917. The van der Waals surface area contributed by atoms with Crippen molar-refractivity contribution in [1.82, 2.24) is 0 Å². The van der Waals surface area contributed by atoms with E-state index in [1.54, 1.807) is 0 Å². The Kier molecular flexibility index (Phi) is 4.95. The Labute approximate surface area is 144 Å². The van der Waals surface area contributed by atoms with Crippen molar-refractivity contribution in [2.45, 2.75) is 9.79 Å². The monoisotopic (exact) mass is 392 g/mol. The number of ether oxygens (including phenoxy) is 1. The highest BCUT2D eigenvalue weighted by atomic mass is 35.5. The second-order valence-corrected chi connectivity index (χ2v) is 8.08. The van der Waals surface area contributed by atoms with Crippen molar-refractivity contribution in [3.63, 3.8) is 0 Å². The number of methoxy groups -OCH3 is 1. The molecule has 0 bridgehead atoms. The smallest absolute Gasteiger partial charge is 0.298 e. The molecule has 130 valence electrons. The van der Waals surface area contributed by atoms with Gasteiger partial charge in [-0.2, -0.15) is 8.42 Å². The standard InChI is InChI=1S/C13H13ClN2O6S2/c1-22-11-4-3-9(7-13(11)24(19,20)21)16-23(17,18)12-5-2-8(15)6-10(12)14/h2-7,16H,15H2,1H3,(H,19,20,21). The molecule has 11 heteroatoms. The van der Waals surface area contributed by atoms with Crippen LogP contribution in [0.25, 0.3) is 0 Å². The molecule has 2 rings (SSSR count). The fourth-order valence-electron chi connectivity index (χ4n) is 1.89. The van der Waals surface area contributed by atoms with Crippen LogP contribution >= 0.6 is 11.6 Å². The van der Waals surface area contributed by atoms with E-state index in [1.165, 1.54) is 37.4 Å². The predicted octanol–water partition coefficient (Wildman–Crippen LogP) is 1.98. The maximum absolute atomic E-state index is 12.4. The molecule has 4 N–H and O–H groups in total. The molecule has 2 aromatic carbocycles. The molecule has 0 aliphatic heterocycles. The molecule has 0 aromatic heterocycles. The lowest BCUT2D eigenvalue weighted by Gasteiger charge is -2.12. The normalized spacial score (nSPS) is 12.0. The summed E-state index contributed by atoms with van der Waals surface area (Å²) in [4.78, 5) is -0.809. The third kappa shape index (κ3) is 3.90. The topological polar surface area (TPSA) is 136 Å². The molecule has 2 aromatic rings. The van der Waals surface area contributed by atoms with Crippen molar-refractivity contribution in [3.8, 4) is 5.75 Å². The number of nitrogens with two attached hydrogens (primary N) is 1. The Morgan fingerprint density at radius 2 is 1.75 bits per heavy atom. The average Bonchev–Trinajstić information content (AvgIpc) is 2.45. The number of anilines is 2. The van der Waals surface area contributed by atoms with Crippen molar-refractivity contribution >= 4 is 43.1 Å². The van der Waals surface area contributed by atoms with E-state index in [-0.39, 0.29) is 27.0 Å². The molecule has 0 saturated heterocycles. The second-order valence-electron chi connectivity index (χ2n) is 4.64. The molecule has 0 spiro atoms. The van der Waals surface area contributed by atoms with E-state index < -0.39 is 25.0 Å². The molecular formula is C13H13ClN2O6S2. The summed E-state index contributed by atoms with van der Waals surface area (Å²) < 4.78 is 63.6. The third-order valence-electron chi connectivity index (χ3n) is 2.94. The molecule has 0 saturated carbocycles. The Bertz CT molecular complexity index is 990. The van der Waals surface area contributed by atoms with Crippen LogP contribution in [0, 0.1) is 0 Å². The largest absolute Gasteiger partial charge is 0.495 e. The summed E-state index contributed by atoms with van der Waals surface area (Å²) in [6.45, 7) is 0. The van der Waals surface area contributed by atoms with Gasteiger partial charge in [-0.05, 0) is 36.4 Å². The summed E-state index contributed by atoms with van der Waals surface area (Å²) in [5.41, 5.74) is 5.70. The number of sulfonamides is 1. The van der Waals surface area contributed by atoms with Gasteiger partial charge in [-0.15, -0.1) is 0 Å². The fourth-order valence-corrected chi connectivity index (χ4v) is 4.17. The zero-order valence-corrected chi connectivity index (χ0v) is 14.6. The molecule has 0 atom stereocenters. The van der Waals surface area contributed by atoms with Crippen LogP contribution < -0.4 is 15.2 Å². The SMILES string of the molecule is COc1ccc(NS(=O)(=O)c2ccc(N)cc2Cl)cc1S(=O)(=O)O. The van der Waals surface area contributed by atoms with Gasteiger partial charge in [-0.3, -0.25) is 9.27 Å². The number of benzene rings is 2. The van der Waals surface area contributed by atoms with Crippen LogP contribution in [0.2, 0.25) is 5.02 Å². The molecule has 0 radical (unpaired) electrons. The van der Waals surface area contributed by atoms with Gasteiger partial charge in [0.25, 0.3) is 20.1 Å². The molecule has 0 aliphatic carbocycles. The summed E-state index contributed by atoms with van der Waals surface area (Å²) in [6.07, 6.45) is 0. The zero-order valence-electron chi connectivity index (χ0n) is 12.2. The van der Waals surface area contributed by atoms with Crippen LogP contribution in [0.1, 0.15) is 0 Å². The van der Waals surface area contributed by atoms with E-state index in [2.05, 4.69) is 4.72 Å². The number of hydrogen-bond acceptors (Lipinski definition) is 6. The lowest BCUT2D eigenvalue weighted by Crippen LogP contribution is -2.14. The Balaban J connectivity index is 2.47. The average molecular weight is 393 g/mol. The number of halogens is 1. The molecule has 24 heavy (non-hydrogen) atoms. The van der Waals surface area contributed by atoms with Gasteiger partial charge in [0.2, 0.25) is 0 Å². The first-order valence-electron chi connectivity index (χ1n) is 6.28. The number of nitrogens with one attached hydrogen (secondary N) is 1. The van der Waals surface area contributed by atoms with Gasteiger partial charge in [0.1, 0.15) is 15.5 Å². The first kappa shape index (κ1) is 18.3. The van der Waals surface area contributed by atoms with Crippen LogP contribution in [0.5, 0.6) is 5.75 Å². The van der Waals surface area contributed by atoms with Gasteiger partial charge in [0.15, 0.2) is 0 Å². The highest BCUT2D eigenvalue weighted by Crippen LogP contribution is 2.30. The first-order valence-corrected chi connectivity index (χ1v) is 9.58. The number of rotatable bonds is 5. The summed E-state index contributed by atoms with van der Waals surface area (Å²) in [5.74, 6) is -0.133. The summed E-state index contributed by atoms with van der Waals surface area (Å²) in [6, 6.07) is 7.25. The summed E-state index contributed by atoms with van der Waals surface area (Å²) in [7, 11) is -7.49. The van der Waals surface area contributed by atoms with Gasteiger partial charge in [-0.1, -0.05) is 11.6 Å². The number of hydrogen-bond donors (Lipinski definition) is 3. The van der Waals surface area contributed by atoms with Crippen molar-refractivity contribution in [3.05, 3.63) is 41.4 Å². The number of nitrogen functional groups attached to an aromatic ring is 1. The second kappa shape index (κ2) is 6.48. The van der Waals surface area contributed by atoms with Gasteiger partial charge in [0.05, 0.1) is 17.8 Å². The molecule has 8 nitrogen and oxygen atoms in total. The Morgan fingerprint density at radius 3 is 2.29 bits per heavy atom. The van der Waals surface area contributed by atoms with E-state index in [1.807, 2.05) is 0 Å². The van der Waals surface area contributed by atoms with Gasteiger partial charge < -0.3 is 10.5 Å². The maximum atomic E-state index is 12.4. The van der Waals surface area contributed by atoms with Crippen LogP contribution in [-0.4, -0.2) is 28.5 Å². The predicted molar refractivity (Wildman–Crippen MR) is 89.5 cm³/mol. The van der Waals surface area contributed by atoms with E-state index >= 15 is 0 Å². The van der Waals surface area contributed by atoms with Crippen LogP contribution in [0.4, 0.5) is 11.4 Å². The van der Waals surface area contributed by atoms with Gasteiger partial charge in [-0.25, -0.2) is 8.42 Å². The highest BCUT2D eigenvalue weighted by molar-refractivity contribution is 7.92. The van der Waals surface area contributed by atoms with E-state index in [4.69, 9.17) is 22.1 Å². The molecular weight excluding hydrogens is 380 g/mol. The summed E-state index contributed by atoms with van der Waals surface area (Å²) >= 11 is 5.88. The van der Waals surface area contributed by atoms with Crippen molar-refractivity contribution in [2.75, 3.05) is 17.6 Å². The maximum Gasteiger partial charge on any atom is 0.298 e. The van der Waals surface area contributed by atoms with Crippen LogP contribution in [-0.2, 0) is 20.1 Å². The molecule has 0 heterocycles. The lowest BCUT2D eigenvalue weighted by molar-refractivity contribution is 0.397. The van der Waals surface area contributed by atoms with Crippen molar-refractivity contribution in [1.29, 1.82) is 0 Å². The minimum atomic E-state index is -4.60. The molecule has 0 aliphatic rings. The molecule has 0 unspecified atom stereocenters. The lowest BCUT2D eigenvalue weighted by atomic mass is 10.3. The first-order chi connectivity index (χ1) is 11.0. The quantitative estimate of drug-likeness (QED) is 0.522. The van der Waals surface area contributed by atoms with Gasteiger partial charge in [0, 0.05) is 5.69 Å². The van der Waals surface area contributed by atoms with E-state index in [0.29, 0.717) is 0 Å². The zero-order chi connectivity index (χ0) is 18.1.